The number of nitro groups is 1. The molecule has 1 rings (SSSR count). The van der Waals surface area contributed by atoms with Gasteiger partial charge in [-0.15, -0.1) is 9.24 Å². The van der Waals surface area contributed by atoms with Gasteiger partial charge in [0.05, 0.1) is 4.92 Å². The minimum absolute atomic E-state index is 0.0689. The zero-order chi connectivity index (χ0) is 13.1. The van der Waals surface area contributed by atoms with Crippen molar-refractivity contribution in [2.24, 2.45) is 0 Å². The quantitative estimate of drug-likeness (QED) is 0.351. The molecule has 1 unspecified atom stereocenters. The molecule has 6 heteroatoms. The SMILES string of the molecule is COC(CP)(OC)c1ccc(C)c([N+](=O)[O-])c1. The van der Waals surface area contributed by atoms with Gasteiger partial charge >= 0.3 is 0 Å². The van der Waals surface area contributed by atoms with Crippen LogP contribution in [0, 0.1) is 17.0 Å². The molecule has 0 aliphatic heterocycles. The lowest BCUT2D eigenvalue weighted by molar-refractivity contribution is -0.385. The summed E-state index contributed by atoms with van der Waals surface area (Å²) < 4.78 is 10.7. The molecule has 0 saturated carbocycles. The number of rotatable bonds is 5. The van der Waals surface area contributed by atoms with E-state index in [1.807, 2.05) is 0 Å². The van der Waals surface area contributed by atoms with E-state index in [0.29, 0.717) is 17.3 Å². The second-order valence-corrected chi connectivity index (χ2v) is 4.03. The van der Waals surface area contributed by atoms with Gasteiger partial charge in [0.2, 0.25) is 0 Å². The Labute approximate surface area is 102 Å². The van der Waals surface area contributed by atoms with Crippen LogP contribution in [0.1, 0.15) is 11.1 Å². The van der Waals surface area contributed by atoms with E-state index in [1.165, 1.54) is 20.3 Å². The van der Waals surface area contributed by atoms with Crippen LogP contribution in [0.4, 0.5) is 5.69 Å². The number of ether oxygens (including phenoxy) is 2. The number of benzene rings is 1. The first-order valence-electron chi connectivity index (χ1n) is 5.06. The fourth-order valence-electron chi connectivity index (χ4n) is 1.65. The molecule has 5 nitrogen and oxygen atoms in total. The summed E-state index contributed by atoms with van der Waals surface area (Å²) in [6, 6.07) is 4.96. The normalized spacial score (nSPS) is 11.5. The van der Waals surface area contributed by atoms with E-state index in [0.717, 1.165) is 0 Å². The van der Waals surface area contributed by atoms with Crippen molar-refractivity contribution in [2.45, 2.75) is 12.7 Å². The van der Waals surface area contributed by atoms with E-state index in [4.69, 9.17) is 9.47 Å². The van der Waals surface area contributed by atoms with E-state index in [1.54, 1.807) is 19.1 Å². The van der Waals surface area contributed by atoms with Gasteiger partial charge in [0.15, 0.2) is 5.79 Å². The molecule has 0 aromatic heterocycles. The number of hydrogen-bond acceptors (Lipinski definition) is 4. The van der Waals surface area contributed by atoms with Crippen LogP contribution in [0.5, 0.6) is 0 Å². The Balaban J connectivity index is 3.31. The van der Waals surface area contributed by atoms with Crippen LogP contribution in [-0.2, 0) is 15.3 Å². The Morgan fingerprint density at radius 1 is 1.41 bits per heavy atom. The van der Waals surface area contributed by atoms with Gasteiger partial charge in [-0.25, -0.2) is 0 Å². The topological polar surface area (TPSA) is 61.6 Å². The minimum atomic E-state index is -0.955. The van der Waals surface area contributed by atoms with Crippen molar-refractivity contribution in [3.8, 4) is 0 Å². The van der Waals surface area contributed by atoms with Crippen molar-refractivity contribution in [2.75, 3.05) is 20.4 Å². The Hall–Kier alpha value is -1.03. The van der Waals surface area contributed by atoms with Gasteiger partial charge in [-0.2, -0.15) is 0 Å². The summed E-state index contributed by atoms with van der Waals surface area (Å²) in [4.78, 5) is 10.5. The highest BCUT2D eigenvalue weighted by Crippen LogP contribution is 2.31. The maximum absolute atomic E-state index is 10.9. The molecule has 1 aromatic rings. The molecular formula is C11H16NO4P. The molecule has 17 heavy (non-hydrogen) atoms. The monoisotopic (exact) mass is 257 g/mol. The summed E-state index contributed by atoms with van der Waals surface area (Å²) in [6.07, 6.45) is 0.486. The Kier molecular flexibility index (Phi) is 4.57. The van der Waals surface area contributed by atoms with Crippen LogP contribution < -0.4 is 0 Å². The predicted molar refractivity (Wildman–Crippen MR) is 68.1 cm³/mol. The zero-order valence-corrected chi connectivity index (χ0v) is 11.3. The maximum Gasteiger partial charge on any atom is 0.272 e. The Morgan fingerprint density at radius 2 is 2.00 bits per heavy atom. The molecule has 0 heterocycles. The van der Waals surface area contributed by atoms with Gasteiger partial charge in [0, 0.05) is 37.6 Å². The Morgan fingerprint density at radius 3 is 2.41 bits per heavy atom. The number of nitro benzene ring substituents is 1. The van der Waals surface area contributed by atoms with Gasteiger partial charge in [-0.3, -0.25) is 10.1 Å². The molecule has 0 bridgehead atoms. The number of aryl methyl sites for hydroxylation is 1. The smallest absolute Gasteiger partial charge is 0.272 e. The van der Waals surface area contributed by atoms with E-state index in [-0.39, 0.29) is 5.69 Å². The summed E-state index contributed by atoms with van der Waals surface area (Å²) in [7, 11) is 5.55. The molecule has 0 spiro atoms. The van der Waals surface area contributed by atoms with Gasteiger partial charge < -0.3 is 9.47 Å². The molecule has 0 amide bonds. The number of hydrogen-bond donors (Lipinski definition) is 0. The van der Waals surface area contributed by atoms with Gasteiger partial charge in [-0.1, -0.05) is 12.1 Å². The Bertz CT molecular complexity index is 410. The first kappa shape index (κ1) is 14.0. The summed E-state index contributed by atoms with van der Waals surface area (Å²) in [5.41, 5.74) is 1.32. The van der Waals surface area contributed by atoms with E-state index in [2.05, 4.69) is 9.24 Å². The predicted octanol–water partition coefficient (Wildman–Crippen LogP) is 2.22. The molecule has 0 radical (unpaired) electrons. The lowest BCUT2D eigenvalue weighted by Crippen LogP contribution is -2.32. The van der Waals surface area contributed by atoms with Crippen LogP contribution in [0.25, 0.3) is 0 Å². The first-order chi connectivity index (χ1) is 8.00. The summed E-state index contributed by atoms with van der Waals surface area (Å²) in [5.74, 6) is -0.955. The van der Waals surface area contributed by atoms with Gasteiger partial charge in [-0.05, 0) is 6.92 Å². The van der Waals surface area contributed by atoms with Crippen molar-refractivity contribution < 1.29 is 14.4 Å². The van der Waals surface area contributed by atoms with E-state index >= 15 is 0 Å². The van der Waals surface area contributed by atoms with Crippen molar-refractivity contribution in [3.05, 3.63) is 39.4 Å². The van der Waals surface area contributed by atoms with Gasteiger partial charge in [0.25, 0.3) is 5.69 Å². The highest BCUT2D eigenvalue weighted by molar-refractivity contribution is 7.16. The maximum atomic E-state index is 10.9. The third kappa shape index (κ3) is 2.63. The van der Waals surface area contributed by atoms with Crippen molar-refractivity contribution in [1.29, 1.82) is 0 Å². The standard InChI is InChI=1S/C11H16NO4P/c1-8-4-5-9(6-10(8)12(13)14)11(7-17,15-2)16-3/h4-6H,7,17H2,1-3H3. The molecule has 0 saturated heterocycles. The van der Waals surface area contributed by atoms with Crippen LogP contribution >= 0.6 is 9.24 Å². The van der Waals surface area contributed by atoms with Crippen LogP contribution in [0.2, 0.25) is 0 Å². The molecular weight excluding hydrogens is 241 g/mol. The van der Waals surface area contributed by atoms with Crippen molar-refractivity contribution in [1.82, 2.24) is 0 Å². The van der Waals surface area contributed by atoms with Crippen LogP contribution in [0.3, 0.4) is 0 Å². The highest BCUT2D eigenvalue weighted by atomic mass is 31.0. The average Bonchev–Trinajstić information content (AvgIpc) is 2.33. The largest absolute Gasteiger partial charge is 0.349 e. The summed E-state index contributed by atoms with van der Waals surface area (Å²) in [5, 5.41) is 10.9. The second kappa shape index (κ2) is 5.54. The average molecular weight is 257 g/mol. The fraction of sp³-hybridized carbons (Fsp3) is 0.455. The molecule has 0 N–H and O–H groups in total. The molecule has 0 aliphatic carbocycles. The number of nitrogens with zero attached hydrogens (tertiary/aromatic N) is 1. The lowest BCUT2D eigenvalue weighted by atomic mass is 10.0. The minimum Gasteiger partial charge on any atom is -0.349 e. The third-order valence-electron chi connectivity index (χ3n) is 2.77. The number of methoxy groups -OCH3 is 2. The lowest BCUT2D eigenvalue weighted by Gasteiger charge is -2.29. The molecule has 94 valence electrons. The van der Waals surface area contributed by atoms with Crippen LogP contribution in [-0.4, -0.2) is 25.3 Å². The van der Waals surface area contributed by atoms with Crippen molar-refractivity contribution in [3.63, 3.8) is 0 Å². The van der Waals surface area contributed by atoms with Gasteiger partial charge in [0.1, 0.15) is 0 Å². The van der Waals surface area contributed by atoms with E-state index in [9.17, 15) is 10.1 Å². The summed E-state index contributed by atoms with van der Waals surface area (Å²) in [6.45, 7) is 1.70. The van der Waals surface area contributed by atoms with Crippen molar-refractivity contribution >= 4 is 14.9 Å². The molecule has 0 fully saturated rings. The molecule has 1 aromatic carbocycles. The zero-order valence-electron chi connectivity index (χ0n) is 10.1. The summed E-state index contributed by atoms with van der Waals surface area (Å²) >= 11 is 0. The second-order valence-electron chi connectivity index (χ2n) is 3.62. The third-order valence-corrected chi connectivity index (χ3v) is 3.31. The fourth-order valence-corrected chi connectivity index (χ4v) is 2.22. The highest BCUT2D eigenvalue weighted by Gasteiger charge is 2.31. The molecule has 1 atom stereocenters. The van der Waals surface area contributed by atoms with E-state index < -0.39 is 10.7 Å². The molecule has 0 aliphatic rings. The first-order valence-corrected chi connectivity index (χ1v) is 5.88. The van der Waals surface area contributed by atoms with Crippen LogP contribution in [0.15, 0.2) is 18.2 Å².